The topological polar surface area (TPSA) is 12.0 Å². The first-order chi connectivity index (χ1) is 10.2. The minimum absolute atomic E-state index is 0.521. The molecule has 1 aliphatic carbocycles. The van der Waals surface area contributed by atoms with Gasteiger partial charge >= 0.3 is 0 Å². The van der Waals surface area contributed by atoms with Gasteiger partial charge in [0.25, 0.3) is 0 Å². The summed E-state index contributed by atoms with van der Waals surface area (Å²) in [5, 5.41) is 4.48. The number of rotatable bonds is 6. The highest BCUT2D eigenvalue weighted by atomic mass is 35.5. The Hall–Kier alpha value is -1.31. The van der Waals surface area contributed by atoms with E-state index in [-0.39, 0.29) is 0 Å². The molecular formula is C19H22ClN. The van der Waals surface area contributed by atoms with E-state index in [0.29, 0.717) is 5.92 Å². The fraction of sp³-hybridized carbons (Fsp3) is 0.368. The first kappa shape index (κ1) is 14.6. The van der Waals surface area contributed by atoms with Crippen LogP contribution < -0.4 is 5.32 Å². The maximum Gasteiger partial charge on any atom is 0.0406 e. The Morgan fingerprint density at radius 2 is 1.71 bits per heavy atom. The highest BCUT2D eigenvalue weighted by molar-refractivity contribution is 6.30. The van der Waals surface area contributed by atoms with Crippen molar-refractivity contribution in [2.75, 3.05) is 6.54 Å². The molecule has 0 spiro atoms. The van der Waals surface area contributed by atoms with Crippen molar-refractivity contribution >= 4 is 11.6 Å². The van der Waals surface area contributed by atoms with Gasteiger partial charge in [0.1, 0.15) is 0 Å². The third kappa shape index (κ3) is 4.33. The van der Waals surface area contributed by atoms with Gasteiger partial charge in [-0.1, -0.05) is 53.6 Å². The van der Waals surface area contributed by atoms with E-state index in [9.17, 15) is 0 Å². The van der Waals surface area contributed by atoms with Crippen molar-refractivity contribution < 1.29 is 0 Å². The van der Waals surface area contributed by atoms with E-state index in [2.05, 4.69) is 48.6 Å². The average molecular weight is 300 g/mol. The monoisotopic (exact) mass is 299 g/mol. The van der Waals surface area contributed by atoms with Gasteiger partial charge in [0.15, 0.2) is 0 Å². The van der Waals surface area contributed by atoms with Gasteiger partial charge in [0.05, 0.1) is 0 Å². The Labute approximate surface area is 132 Å². The maximum absolute atomic E-state index is 5.98. The van der Waals surface area contributed by atoms with E-state index in [4.69, 9.17) is 11.6 Å². The van der Waals surface area contributed by atoms with Crippen LogP contribution in [0.4, 0.5) is 0 Å². The van der Waals surface area contributed by atoms with Gasteiger partial charge in [0, 0.05) is 23.5 Å². The number of halogens is 1. The quantitative estimate of drug-likeness (QED) is 0.813. The SMILES string of the molecule is Cc1ccc(C(CNC2CC2)Cc2ccc(Cl)cc2)cc1. The van der Waals surface area contributed by atoms with Gasteiger partial charge in [-0.25, -0.2) is 0 Å². The molecule has 0 aromatic heterocycles. The zero-order valence-corrected chi connectivity index (χ0v) is 13.2. The molecule has 0 aliphatic heterocycles. The Morgan fingerprint density at radius 3 is 2.33 bits per heavy atom. The number of nitrogens with one attached hydrogen (secondary N) is 1. The Balaban J connectivity index is 1.73. The lowest BCUT2D eigenvalue weighted by atomic mass is 9.91. The second kappa shape index (κ2) is 6.64. The first-order valence-electron chi connectivity index (χ1n) is 7.75. The molecule has 21 heavy (non-hydrogen) atoms. The van der Waals surface area contributed by atoms with E-state index < -0.39 is 0 Å². The zero-order chi connectivity index (χ0) is 14.7. The minimum atomic E-state index is 0.521. The molecule has 0 amide bonds. The standard InChI is InChI=1S/C19H22ClN/c1-14-2-6-16(7-3-14)17(13-21-19-10-11-19)12-15-4-8-18(20)9-5-15/h2-9,17,19,21H,10-13H2,1H3. The molecule has 1 fully saturated rings. The highest BCUT2D eigenvalue weighted by Crippen LogP contribution is 2.25. The Morgan fingerprint density at radius 1 is 1.05 bits per heavy atom. The molecule has 1 aliphatic rings. The maximum atomic E-state index is 5.98. The van der Waals surface area contributed by atoms with Gasteiger partial charge in [-0.2, -0.15) is 0 Å². The van der Waals surface area contributed by atoms with Gasteiger partial charge < -0.3 is 5.32 Å². The third-order valence-electron chi connectivity index (χ3n) is 4.17. The highest BCUT2D eigenvalue weighted by Gasteiger charge is 2.22. The molecule has 0 bridgehead atoms. The summed E-state index contributed by atoms with van der Waals surface area (Å²) in [6.45, 7) is 3.19. The van der Waals surface area contributed by atoms with Crippen LogP contribution >= 0.6 is 11.6 Å². The van der Waals surface area contributed by atoms with Crippen molar-refractivity contribution in [2.45, 2.75) is 38.1 Å². The van der Waals surface area contributed by atoms with Crippen LogP contribution in [-0.2, 0) is 6.42 Å². The van der Waals surface area contributed by atoms with E-state index in [1.54, 1.807) is 0 Å². The predicted octanol–water partition coefficient (Wildman–Crippen LogP) is 4.73. The van der Waals surface area contributed by atoms with Crippen LogP contribution in [0, 0.1) is 6.92 Å². The first-order valence-corrected chi connectivity index (χ1v) is 8.13. The summed E-state index contributed by atoms with van der Waals surface area (Å²) in [5.41, 5.74) is 4.09. The molecule has 2 heteroatoms. The predicted molar refractivity (Wildman–Crippen MR) is 90.1 cm³/mol. The summed E-state index contributed by atoms with van der Waals surface area (Å²) in [7, 11) is 0. The molecule has 2 aromatic rings. The van der Waals surface area contributed by atoms with Gasteiger partial charge in [0.2, 0.25) is 0 Å². The van der Waals surface area contributed by atoms with Crippen LogP contribution in [0.5, 0.6) is 0 Å². The van der Waals surface area contributed by atoms with Crippen molar-refractivity contribution in [3.05, 3.63) is 70.2 Å². The minimum Gasteiger partial charge on any atom is -0.313 e. The molecule has 2 aromatic carbocycles. The molecule has 3 rings (SSSR count). The molecular weight excluding hydrogens is 278 g/mol. The van der Waals surface area contributed by atoms with Crippen molar-refractivity contribution in [3.8, 4) is 0 Å². The zero-order valence-electron chi connectivity index (χ0n) is 12.5. The van der Waals surface area contributed by atoms with Crippen molar-refractivity contribution in [3.63, 3.8) is 0 Å². The summed E-state index contributed by atoms with van der Waals surface area (Å²) in [4.78, 5) is 0. The van der Waals surface area contributed by atoms with Gasteiger partial charge in [-0.15, -0.1) is 0 Å². The molecule has 1 unspecified atom stereocenters. The Kier molecular flexibility index (Phi) is 4.62. The lowest BCUT2D eigenvalue weighted by Gasteiger charge is -2.19. The van der Waals surface area contributed by atoms with Crippen LogP contribution in [0.15, 0.2) is 48.5 Å². The summed E-state index contributed by atoms with van der Waals surface area (Å²) in [5.74, 6) is 0.521. The third-order valence-corrected chi connectivity index (χ3v) is 4.43. The lowest BCUT2D eigenvalue weighted by Crippen LogP contribution is -2.24. The average Bonchev–Trinajstić information content (AvgIpc) is 3.31. The Bertz CT molecular complexity index is 570. The second-order valence-electron chi connectivity index (χ2n) is 6.12. The molecule has 1 N–H and O–H groups in total. The number of benzene rings is 2. The van der Waals surface area contributed by atoms with Gasteiger partial charge in [-0.05, 0) is 49.4 Å². The summed E-state index contributed by atoms with van der Waals surface area (Å²) >= 11 is 5.98. The number of hydrogen-bond donors (Lipinski definition) is 1. The smallest absolute Gasteiger partial charge is 0.0406 e. The summed E-state index contributed by atoms with van der Waals surface area (Å²) < 4.78 is 0. The van der Waals surface area contributed by atoms with E-state index >= 15 is 0 Å². The largest absolute Gasteiger partial charge is 0.313 e. The molecule has 110 valence electrons. The summed E-state index contributed by atoms with van der Waals surface area (Å²) in [6, 6.07) is 18.0. The molecule has 0 radical (unpaired) electrons. The van der Waals surface area contributed by atoms with E-state index in [1.165, 1.54) is 29.5 Å². The second-order valence-corrected chi connectivity index (χ2v) is 6.56. The molecule has 1 nitrogen and oxygen atoms in total. The van der Waals surface area contributed by atoms with Crippen LogP contribution in [0.2, 0.25) is 5.02 Å². The van der Waals surface area contributed by atoms with Crippen molar-refractivity contribution in [1.82, 2.24) is 5.32 Å². The van der Waals surface area contributed by atoms with Gasteiger partial charge in [-0.3, -0.25) is 0 Å². The molecule has 1 atom stereocenters. The van der Waals surface area contributed by atoms with Crippen LogP contribution in [0.1, 0.15) is 35.4 Å². The fourth-order valence-electron chi connectivity index (χ4n) is 2.65. The summed E-state index contributed by atoms with van der Waals surface area (Å²) in [6.07, 6.45) is 3.73. The normalized spacial score (nSPS) is 15.9. The fourth-order valence-corrected chi connectivity index (χ4v) is 2.77. The number of hydrogen-bond acceptors (Lipinski definition) is 1. The lowest BCUT2D eigenvalue weighted by molar-refractivity contribution is 0.577. The molecule has 0 heterocycles. The number of aryl methyl sites for hydroxylation is 1. The van der Waals surface area contributed by atoms with Crippen molar-refractivity contribution in [2.24, 2.45) is 0 Å². The molecule has 0 saturated heterocycles. The van der Waals surface area contributed by atoms with Crippen LogP contribution in [0.3, 0.4) is 0 Å². The van der Waals surface area contributed by atoms with E-state index in [1.807, 2.05) is 12.1 Å². The van der Waals surface area contributed by atoms with Crippen LogP contribution in [0.25, 0.3) is 0 Å². The van der Waals surface area contributed by atoms with Crippen LogP contribution in [-0.4, -0.2) is 12.6 Å². The van der Waals surface area contributed by atoms with Crippen molar-refractivity contribution in [1.29, 1.82) is 0 Å². The molecule has 1 saturated carbocycles. The van der Waals surface area contributed by atoms with E-state index in [0.717, 1.165) is 24.0 Å².